The van der Waals surface area contributed by atoms with E-state index in [9.17, 15) is 9.59 Å². The van der Waals surface area contributed by atoms with Crippen molar-refractivity contribution in [2.45, 2.75) is 18.8 Å². The second-order valence-electron chi connectivity index (χ2n) is 6.67. The Balaban J connectivity index is 1.48. The van der Waals surface area contributed by atoms with E-state index in [1.54, 1.807) is 6.20 Å². The Labute approximate surface area is 148 Å². The number of rotatable bonds is 5. The van der Waals surface area contributed by atoms with Gasteiger partial charge in [-0.25, -0.2) is 0 Å². The van der Waals surface area contributed by atoms with Crippen molar-refractivity contribution in [2.75, 3.05) is 39.3 Å². The fourth-order valence-corrected chi connectivity index (χ4v) is 3.42. The molecule has 6 heteroatoms. The Hall–Kier alpha value is -2.39. The Morgan fingerprint density at radius 3 is 2.96 bits per heavy atom. The van der Waals surface area contributed by atoms with Crippen molar-refractivity contribution in [3.8, 4) is 12.3 Å². The van der Waals surface area contributed by atoms with Crippen molar-refractivity contribution in [1.82, 2.24) is 20.1 Å². The predicted molar refractivity (Wildman–Crippen MR) is 94.6 cm³/mol. The summed E-state index contributed by atoms with van der Waals surface area (Å²) in [6.07, 6.45) is 10.6. The van der Waals surface area contributed by atoms with Gasteiger partial charge in [0.15, 0.2) is 0 Å². The fourth-order valence-electron chi connectivity index (χ4n) is 3.42. The Morgan fingerprint density at radius 2 is 2.20 bits per heavy atom. The summed E-state index contributed by atoms with van der Waals surface area (Å²) in [5, 5.41) is 2.68. The van der Waals surface area contributed by atoms with Crippen molar-refractivity contribution in [1.29, 1.82) is 0 Å². The van der Waals surface area contributed by atoms with Gasteiger partial charge >= 0.3 is 0 Å². The van der Waals surface area contributed by atoms with Gasteiger partial charge in [-0.3, -0.25) is 19.5 Å². The van der Waals surface area contributed by atoms with Gasteiger partial charge in [0.1, 0.15) is 0 Å². The molecule has 2 aliphatic rings. The Bertz CT molecular complexity index is 655. The van der Waals surface area contributed by atoms with Crippen LogP contribution in [-0.2, 0) is 9.59 Å². The molecular weight excluding hydrogens is 316 g/mol. The standard InChI is InChI=1S/C19H24N4O2/c1-2-6-21-18(24)14-22-8-4-9-23(11-10-22)19(25)17-12-16(17)15-5-3-7-20-13-15/h1,3,5,7,13,16-17H,4,6,8-12,14H2,(H,21,24)/t16-,17-/m0/s1. The maximum atomic E-state index is 12.8. The van der Waals surface area contributed by atoms with Gasteiger partial charge < -0.3 is 10.2 Å². The number of aromatic nitrogens is 1. The van der Waals surface area contributed by atoms with Crippen LogP contribution in [0.3, 0.4) is 0 Å². The summed E-state index contributed by atoms with van der Waals surface area (Å²) in [4.78, 5) is 32.7. The molecule has 1 saturated carbocycles. The highest BCUT2D eigenvalue weighted by Gasteiger charge is 2.45. The lowest BCUT2D eigenvalue weighted by atomic mass is 10.1. The molecule has 6 nitrogen and oxygen atoms in total. The van der Waals surface area contributed by atoms with E-state index in [1.165, 1.54) is 0 Å². The summed E-state index contributed by atoms with van der Waals surface area (Å²) >= 11 is 0. The van der Waals surface area contributed by atoms with Crippen molar-refractivity contribution in [3.05, 3.63) is 30.1 Å². The van der Waals surface area contributed by atoms with Crippen LogP contribution < -0.4 is 5.32 Å². The molecular formula is C19H24N4O2. The van der Waals surface area contributed by atoms with Gasteiger partial charge in [0.05, 0.1) is 13.1 Å². The zero-order valence-electron chi connectivity index (χ0n) is 14.4. The first-order valence-corrected chi connectivity index (χ1v) is 8.80. The van der Waals surface area contributed by atoms with Crippen LogP contribution in [0.5, 0.6) is 0 Å². The molecule has 1 aromatic rings. The zero-order chi connectivity index (χ0) is 17.6. The summed E-state index contributed by atoms with van der Waals surface area (Å²) in [5.74, 6) is 2.99. The topological polar surface area (TPSA) is 65.5 Å². The van der Waals surface area contributed by atoms with Crippen LogP contribution in [0.1, 0.15) is 24.3 Å². The van der Waals surface area contributed by atoms with Crippen LogP contribution in [0, 0.1) is 18.3 Å². The van der Waals surface area contributed by atoms with Crippen LogP contribution in [0.2, 0.25) is 0 Å². The lowest BCUT2D eigenvalue weighted by Crippen LogP contribution is -2.40. The minimum absolute atomic E-state index is 0.0587. The van der Waals surface area contributed by atoms with Crippen LogP contribution in [0.15, 0.2) is 24.5 Å². The molecule has 1 N–H and O–H groups in total. The van der Waals surface area contributed by atoms with E-state index < -0.39 is 0 Å². The number of carbonyl (C=O) groups is 2. The third-order valence-electron chi connectivity index (χ3n) is 4.88. The Morgan fingerprint density at radius 1 is 1.32 bits per heavy atom. The molecule has 0 spiro atoms. The molecule has 0 bridgehead atoms. The van der Waals surface area contributed by atoms with E-state index in [2.05, 4.69) is 21.1 Å². The molecule has 0 unspecified atom stereocenters. The highest BCUT2D eigenvalue weighted by atomic mass is 16.2. The lowest BCUT2D eigenvalue weighted by Gasteiger charge is -2.22. The molecule has 2 amide bonds. The SMILES string of the molecule is C#CCNC(=O)CN1CCCN(C(=O)[C@H]2C[C@H]2c2cccnc2)CC1. The van der Waals surface area contributed by atoms with Gasteiger partial charge in [0.2, 0.25) is 11.8 Å². The number of amides is 2. The summed E-state index contributed by atoms with van der Waals surface area (Å²) < 4.78 is 0. The van der Waals surface area contributed by atoms with Crippen LogP contribution in [-0.4, -0.2) is 65.9 Å². The van der Waals surface area contributed by atoms with E-state index in [-0.39, 0.29) is 24.3 Å². The van der Waals surface area contributed by atoms with Crippen LogP contribution in [0.4, 0.5) is 0 Å². The number of nitrogens with one attached hydrogen (secondary N) is 1. The van der Waals surface area contributed by atoms with E-state index in [0.717, 1.165) is 38.0 Å². The van der Waals surface area contributed by atoms with Gasteiger partial charge in [0, 0.05) is 44.5 Å². The highest BCUT2D eigenvalue weighted by molar-refractivity contribution is 5.83. The molecule has 132 valence electrons. The maximum absolute atomic E-state index is 12.8. The molecule has 1 aliphatic carbocycles. The normalized spacial score (nSPS) is 23.4. The number of nitrogens with zero attached hydrogens (tertiary/aromatic N) is 3. The van der Waals surface area contributed by atoms with E-state index in [4.69, 9.17) is 6.42 Å². The summed E-state index contributed by atoms with van der Waals surface area (Å²) in [6, 6.07) is 3.97. The summed E-state index contributed by atoms with van der Waals surface area (Å²) in [7, 11) is 0. The number of carbonyl (C=O) groups excluding carboxylic acids is 2. The summed E-state index contributed by atoms with van der Waals surface area (Å²) in [5.41, 5.74) is 1.16. The first kappa shape index (κ1) is 17.4. The number of pyridine rings is 1. The third kappa shape index (κ3) is 4.58. The van der Waals surface area contributed by atoms with Gasteiger partial charge in [0.25, 0.3) is 0 Å². The first-order valence-electron chi connectivity index (χ1n) is 8.80. The van der Waals surface area contributed by atoms with Gasteiger partial charge in [-0.2, -0.15) is 0 Å². The van der Waals surface area contributed by atoms with Crippen LogP contribution >= 0.6 is 0 Å². The monoisotopic (exact) mass is 340 g/mol. The first-order chi connectivity index (χ1) is 12.2. The minimum Gasteiger partial charge on any atom is -0.344 e. The molecule has 1 saturated heterocycles. The largest absolute Gasteiger partial charge is 0.344 e. The maximum Gasteiger partial charge on any atom is 0.234 e. The second kappa shape index (κ2) is 8.13. The van der Waals surface area contributed by atoms with E-state index in [1.807, 2.05) is 23.2 Å². The second-order valence-corrected chi connectivity index (χ2v) is 6.67. The third-order valence-corrected chi connectivity index (χ3v) is 4.88. The molecule has 1 aromatic heterocycles. The number of terminal acetylenes is 1. The molecule has 2 atom stereocenters. The van der Waals surface area contributed by atoms with Crippen molar-refractivity contribution in [2.24, 2.45) is 5.92 Å². The highest BCUT2D eigenvalue weighted by Crippen LogP contribution is 2.48. The van der Waals surface area contributed by atoms with Gasteiger partial charge in [-0.05, 0) is 30.4 Å². The van der Waals surface area contributed by atoms with Gasteiger partial charge in [-0.15, -0.1) is 6.42 Å². The van der Waals surface area contributed by atoms with Crippen molar-refractivity contribution in [3.63, 3.8) is 0 Å². The molecule has 0 aromatic carbocycles. The summed E-state index contributed by atoms with van der Waals surface area (Å²) in [6.45, 7) is 3.58. The zero-order valence-corrected chi connectivity index (χ0v) is 14.4. The number of hydrogen-bond donors (Lipinski definition) is 1. The molecule has 1 aliphatic heterocycles. The smallest absolute Gasteiger partial charge is 0.234 e. The van der Waals surface area contributed by atoms with E-state index in [0.29, 0.717) is 19.0 Å². The van der Waals surface area contributed by atoms with Gasteiger partial charge in [-0.1, -0.05) is 12.0 Å². The van der Waals surface area contributed by atoms with E-state index >= 15 is 0 Å². The number of hydrogen-bond acceptors (Lipinski definition) is 4. The fraction of sp³-hybridized carbons (Fsp3) is 0.526. The predicted octanol–water partition coefficient (Wildman–Crippen LogP) is 0.469. The average Bonchev–Trinajstić information content (AvgIpc) is 3.44. The molecule has 25 heavy (non-hydrogen) atoms. The average molecular weight is 340 g/mol. The van der Waals surface area contributed by atoms with Crippen LogP contribution in [0.25, 0.3) is 0 Å². The molecule has 0 radical (unpaired) electrons. The molecule has 3 rings (SSSR count). The Kier molecular flexibility index (Phi) is 5.67. The molecule has 2 heterocycles. The minimum atomic E-state index is -0.0587. The lowest BCUT2D eigenvalue weighted by molar-refractivity contribution is -0.132. The molecule has 2 fully saturated rings. The quantitative estimate of drug-likeness (QED) is 0.792. The van der Waals surface area contributed by atoms with Crippen molar-refractivity contribution < 1.29 is 9.59 Å². The van der Waals surface area contributed by atoms with Crippen molar-refractivity contribution >= 4 is 11.8 Å².